The number of pyridine rings is 1. The van der Waals surface area contributed by atoms with Gasteiger partial charge >= 0.3 is 11.9 Å². The molecule has 11 rings (SSSR count). The summed E-state index contributed by atoms with van der Waals surface area (Å²) in [6, 6.07) is 56.7. The number of nitrogens with zero attached hydrogens (tertiary/aromatic N) is 5. The number of ether oxygens (including phenoxy) is 3. The Kier molecular flexibility index (Phi) is 16.4. The molecule has 1 fully saturated rings. The quantitative estimate of drug-likeness (QED) is 0.0173. The Balaban J connectivity index is 0.847. The Morgan fingerprint density at radius 1 is 0.800 bits per heavy atom. The van der Waals surface area contributed by atoms with Crippen molar-refractivity contribution in [3.05, 3.63) is 250 Å². The third-order valence-electron chi connectivity index (χ3n) is 13.3. The van der Waals surface area contributed by atoms with E-state index < -0.39 is 52.9 Å². The third kappa shape index (κ3) is 11.6. The standard InChI is InChI=1S/C61H49N7O8S4/c1-73-46-29-27-39(28-30-46)35-74-57(71)52-42(37-79-60-65-47-31-32-62-33-49(47)80-60)36-77-56-51(55(70)68(52)56)66-50(69)34-63-76-54(58(72)75-53(40-17-7-2-8-18-40)41-19-9-3-10-20-41)48-38-78-59(64-48)67-61(43-21-11-4-12-22-43,44-23-13-5-14-24-44)45-25-15-6-16-26-45/h2-34,38,51,53-54,56H,35-37H2,1H3,(H,64,67)(H,66,69)/b63-34-. The van der Waals surface area contributed by atoms with E-state index >= 15 is 0 Å². The highest BCUT2D eigenvalue weighted by atomic mass is 32.2. The van der Waals surface area contributed by atoms with Crippen LogP contribution >= 0.6 is 46.2 Å². The Morgan fingerprint density at radius 2 is 1.41 bits per heavy atom. The molecule has 400 valence electrons. The lowest BCUT2D eigenvalue weighted by molar-refractivity contribution is -0.162. The average Bonchev–Trinajstić information content (AvgIpc) is 4.03. The molecule has 6 aromatic carbocycles. The molecule has 80 heavy (non-hydrogen) atoms. The molecule has 0 saturated carbocycles. The molecule has 3 aromatic heterocycles. The summed E-state index contributed by atoms with van der Waals surface area (Å²) < 4.78 is 19.2. The molecule has 2 amide bonds. The number of oxime groups is 1. The van der Waals surface area contributed by atoms with E-state index in [0.29, 0.717) is 39.1 Å². The number of carbonyl (C=O) groups is 4. The number of carbonyl (C=O) groups excluding carboxylic acids is 4. The summed E-state index contributed by atoms with van der Waals surface area (Å²) in [6.45, 7) is -0.0453. The van der Waals surface area contributed by atoms with Gasteiger partial charge in [-0.25, -0.2) is 19.6 Å². The zero-order valence-corrected chi connectivity index (χ0v) is 46.0. The maximum Gasteiger partial charge on any atom is 0.357 e. The maximum atomic E-state index is 14.7. The van der Waals surface area contributed by atoms with Crippen LogP contribution in [0.4, 0.5) is 5.13 Å². The van der Waals surface area contributed by atoms with Crippen molar-refractivity contribution in [3.63, 3.8) is 0 Å². The van der Waals surface area contributed by atoms with Crippen LogP contribution in [0, 0.1) is 0 Å². The predicted molar refractivity (Wildman–Crippen MR) is 311 cm³/mol. The fourth-order valence-electron chi connectivity index (χ4n) is 9.41. The number of hydrogen-bond acceptors (Lipinski definition) is 17. The van der Waals surface area contributed by atoms with Crippen molar-refractivity contribution >= 4 is 91.5 Å². The van der Waals surface area contributed by atoms with E-state index in [4.69, 9.17) is 29.0 Å². The van der Waals surface area contributed by atoms with Gasteiger partial charge < -0.3 is 29.7 Å². The number of hydrogen-bond donors (Lipinski definition) is 2. The number of thioether (sulfide) groups is 2. The molecule has 0 radical (unpaired) electrons. The molecular weight excluding hydrogens is 1090 g/mol. The van der Waals surface area contributed by atoms with Crippen molar-refractivity contribution in [1.82, 2.24) is 25.2 Å². The SMILES string of the molecule is COc1ccc(COC(=O)C2=C(CSc3nc4ccncc4s3)CSC3C(NC(=O)/C=N\OC(C(=O)OC(c4ccccc4)c4ccccc4)c4csc(NC(c5ccccc5)(c5ccccc5)c5ccccc5)n4)C(=O)N23)cc1. The molecular formula is C61H49N7O8S4. The van der Waals surface area contributed by atoms with Crippen LogP contribution in [0.1, 0.15) is 51.3 Å². The summed E-state index contributed by atoms with van der Waals surface area (Å²) >= 11 is 5.61. The van der Waals surface area contributed by atoms with Crippen molar-refractivity contribution in [3.8, 4) is 5.75 Å². The van der Waals surface area contributed by atoms with Crippen molar-refractivity contribution in [1.29, 1.82) is 0 Å². The molecule has 5 heterocycles. The van der Waals surface area contributed by atoms with Gasteiger partial charge in [-0.15, -0.1) is 34.4 Å². The molecule has 0 bridgehead atoms. The fraction of sp³-hybridized carbons (Fsp3) is 0.148. The highest BCUT2D eigenvalue weighted by Gasteiger charge is 2.54. The molecule has 0 aliphatic carbocycles. The van der Waals surface area contributed by atoms with Crippen molar-refractivity contribution in [2.24, 2.45) is 5.16 Å². The van der Waals surface area contributed by atoms with Gasteiger partial charge in [0.1, 0.15) is 46.9 Å². The monoisotopic (exact) mass is 1140 g/mol. The van der Waals surface area contributed by atoms with E-state index in [9.17, 15) is 19.2 Å². The second-order valence-electron chi connectivity index (χ2n) is 18.3. The zero-order valence-electron chi connectivity index (χ0n) is 42.7. The Morgan fingerprint density at radius 3 is 2.01 bits per heavy atom. The first-order chi connectivity index (χ1) is 39.2. The molecule has 15 nitrogen and oxygen atoms in total. The fourth-order valence-corrected chi connectivity index (χ4v) is 13.7. The number of amides is 2. The molecule has 9 aromatic rings. The number of esters is 2. The van der Waals surface area contributed by atoms with Crippen molar-refractivity contribution in [2.45, 2.75) is 40.1 Å². The van der Waals surface area contributed by atoms with E-state index in [1.165, 1.54) is 51.1 Å². The minimum Gasteiger partial charge on any atom is -0.497 e. The minimum atomic E-state index is -1.57. The molecule has 0 spiro atoms. The smallest absolute Gasteiger partial charge is 0.357 e. The van der Waals surface area contributed by atoms with Gasteiger partial charge in [-0.2, -0.15) is 0 Å². The highest BCUT2D eigenvalue weighted by Crippen LogP contribution is 2.44. The molecule has 3 unspecified atom stereocenters. The summed E-state index contributed by atoms with van der Waals surface area (Å²) in [5.74, 6) is -1.40. The summed E-state index contributed by atoms with van der Waals surface area (Å²) in [5.41, 5.74) is 5.85. The van der Waals surface area contributed by atoms with Crippen LogP contribution in [0.5, 0.6) is 5.75 Å². The number of thiazole rings is 2. The first-order valence-electron chi connectivity index (χ1n) is 25.3. The van der Waals surface area contributed by atoms with E-state index in [2.05, 4.69) is 57.2 Å². The number of rotatable bonds is 21. The van der Waals surface area contributed by atoms with Crippen LogP contribution in [0.25, 0.3) is 10.2 Å². The van der Waals surface area contributed by atoms with E-state index in [1.54, 1.807) is 49.1 Å². The highest BCUT2D eigenvalue weighted by molar-refractivity contribution is 8.02. The molecule has 2 aliphatic rings. The van der Waals surface area contributed by atoms with Gasteiger partial charge in [0.15, 0.2) is 15.6 Å². The number of nitrogens with one attached hydrogen (secondary N) is 2. The average molecular weight is 1140 g/mol. The molecule has 19 heteroatoms. The van der Waals surface area contributed by atoms with Gasteiger partial charge in [-0.3, -0.25) is 19.5 Å². The molecule has 2 N–H and O–H groups in total. The van der Waals surface area contributed by atoms with Crippen LogP contribution in [-0.2, 0) is 45.6 Å². The molecule has 2 aliphatic heterocycles. The van der Waals surface area contributed by atoms with Gasteiger partial charge in [0, 0.05) is 29.3 Å². The lowest BCUT2D eigenvalue weighted by atomic mass is 9.77. The summed E-state index contributed by atoms with van der Waals surface area (Å²) in [5, 5.41) is 12.1. The molecule has 3 atom stereocenters. The van der Waals surface area contributed by atoms with Gasteiger partial charge in [-0.1, -0.05) is 181 Å². The van der Waals surface area contributed by atoms with Crippen LogP contribution in [0.15, 0.2) is 221 Å². The first-order valence-corrected chi connectivity index (χ1v) is 29.0. The third-order valence-corrected chi connectivity index (χ3v) is 17.7. The first kappa shape index (κ1) is 53.4. The summed E-state index contributed by atoms with van der Waals surface area (Å²) in [6.07, 6.45) is 1.90. The van der Waals surface area contributed by atoms with Crippen LogP contribution < -0.4 is 15.4 Å². The lowest BCUT2D eigenvalue weighted by Crippen LogP contribution is -2.70. The minimum absolute atomic E-state index is 0.0453. The van der Waals surface area contributed by atoms with E-state index in [-0.39, 0.29) is 18.0 Å². The summed E-state index contributed by atoms with van der Waals surface area (Å²) in [7, 11) is 1.57. The maximum absolute atomic E-state index is 14.7. The van der Waals surface area contributed by atoms with E-state index in [1.807, 2.05) is 121 Å². The van der Waals surface area contributed by atoms with Crippen LogP contribution in [-0.4, -0.2) is 79.9 Å². The van der Waals surface area contributed by atoms with Crippen LogP contribution in [0.2, 0.25) is 0 Å². The molecule has 1 saturated heterocycles. The van der Waals surface area contributed by atoms with Crippen molar-refractivity contribution in [2.75, 3.05) is 23.9 Å². The normalized spacial score (nSPS) is 15.5. The number of aromatic nitrogens is 3. The van der Waals surface area contributed by atoms with E-state index in [0.717, 1.165) is 43.0 Å². The number of methoxy groups -OCH3 is 1. The number of benzene rings is 6. The second kappa shape index (κ2) is 24.6. The van der Waals surface area contributed by atoms with Crippen LogP contribution in [0.3, 0.4) is 0 Å². The Hall–Kier alpha value is -8.62. The second-order valence-corrected chi connectivity index (χ2v) is 22.5. The van der Waals surface area contributed by atoms with Gasteiger partial charge in [-0.05, 0) is 57.2 Å². The zero-order chi connectivity index (χ0) is 54.8. The number of anilines is 1. The lowest BCUT2D eigenvalue weighted by Gasteiger charge is -2.49. The summed E-state index contributed by atoms with van der Waals surface area (Å²) in [4.78, 5) is 78.0. The number of fused-ring (bicyclic) bond motifs is 2. The largest absolute Gasteiger partial charge is 0.497 e. The van der Waals surface area contributed by atoms with Gasteiger partial charge in [0.05, 0.1) is 17.3 Å². The Labute approximate surface area is 477 Å². The van der Waals surface area contributed by atoms with Crippen molar-refractivity contribution < 1.29 is 38.2 Å². The van der Waals surface area contributed by atoms with Gasteiger partial charge in [0.25, 0.3) is 17.9 Å². The number of β-lactam (4-membered cyclic amide) rings is 1. The predicted octanol–water partition coefficient (Wildman–Crippen LogP) is 11.1. The van der Waals surface area contributed by atoms with Gasteiger partial charge in [0.2, 0.25) is 0 Å². The topological polar surface area (TPSA) is 184 Å². The Bertz CT molecular complexity index is 3520.